The molecular weight excluding hydrogens is 215 g/mol. The van der Waals surface area contributed by atoms with Crippen LogP contribution in [0.2, 0.25) is 0 Å². The van der Waals surface area contributed by atoms with Crippen molar-refractivity contribution >= 4 is 13.7 Å². The second kappa shape index (κ2) is 6.74. The highest BCUT2D eigenvalue weighted by Gasteiger charge is 2.22. The molecule has 0 atom stereocenters. The van der Waals surface area contributed by atoms with Gasteiger partial charge in [-0.3, -0.25) is 4.79 Å². The van der Waals surface area contributed by atoms with E-state index >= 15 is 0 Å². The molecule has 0 heterocycles. The van der Waals surface area contributed by atoms with Crippen molar-refractivity contribution in [1.82, 2.24) is 0 Å². The van der Waals surface area contributed by atoms with Crippen molar-refractivity contribution in [2.24, 2.45) is 5.41 Å². The third-order valence-electron chi connectivity index (χ3n) is 2.98. The van der Waals surface area contributed by atoms with E-state index in [1.165, 1.54) is 6.16 Å². The first-order chi connectivity index (χ1) is 7.16. The average Bonchev–Trinajstić information content (AvgIpc) is 2.08. The monoisotopic (exact) mass is 244 g/mol. The standard InChI is InChI=1S/C14H29OP/c1-11(2)16(12(3)4)10-8-9-13(15)14(5,6)7/h11-12H,8-10H2,1-7H3. The summed E-state index contributed by atoms with van der Waals surface area (Å²) in [6.07, 6.45) is 3.10. The van der Waals surface area contributed by atoms with Crippen molar-refractivity contribution in [2.75, 3.05) is 6.16 Å². The molecule has 0 aliphatic heterocycles. The van der Waals surface area contributed by atoms with E-state index < -0.39 is 0 Å². The quantitative estimate of drug-likeness (QED) is 0.620. The Bertz CT molecular complexity index is 205. The van der Waals surface area contributed by atoms with Gasteiger partial charge >= 0.3 is 0 Å². The first-order valence-corrected chi connectivity index (χ1v) is 8.11. The Kier molecular flexibility index (Phi) is 6.79. The molecule has 0 aromatic carbocycles. The van der Waals surface area contributed by atoms with Crippen LogP contribution in [0.4, 0.5) is 0 Å². The summed E-state index contributed by atoms with van der Waals surface area (Å²) in [7, 11) is 0.103. The molecule has 0 spiro atoms. The summed E-state index contributed by atoms with van der Waals surface area (Å²) in [6, 6.07) is 0. The van der Waals surface area contributed by atoms with Gasteiger partial charge in [0.2, 0.25) is 0 Å². The highest BCUT2D eigenvalue weighted by Crippen LogP contribution is 2.46. The fraction of sp³-hybridized carbons (Fsp3) is 0.929. The Labute approximate surface area is 103 Å². The smallest absolute Gasteiger partial charge is 0.138 e. The van der Waals surface area contributed by atoms with Crippen LogP contribution in [-0.4, -0.2) is 23.3 Å². The summed E-state index contributed by atoms with van der Waals surface area (Å²) in [4.78, 5) is 11.8. The van der Waals surface area contributed by atoms with Crippen LogP contribution in [0, 0.1) is 5.41 Å². The van der Waals surface area contributed by atoms with Gasteiger partial charge in [-0.25, -0.2) is 0 Å². The van der Waals surface area contributed by atoms with Crippen LogP contribution in [0.25, 0.3) is 0 Å². The molecule has 0 N–H and O–H groups in total. The fourth-order valence-electron chi connectivity index (χ4n) is 1.91. The summed E-state index contributed by atoms with van der Waals surface area (Å²) >= 11 is 0. The Hall–Kier alpha value is 0.100. The van der Waals surface area contributed by atoms with Crippen molar-refractivity contribution in [3.05, 3.63) is 0 Å². The summed E-state index contributed by atoms with van der Waals surface area (Å²) in [5.74, 6) is 0.412. The zero-order valence-corrected chi connectivity index (χ0v) is 13.0. The molecule has 2 heteroatoms. The van der Waals surface area contributed by atoms with E-state index in [0.717, 1.165) is 24.2 Å². The minimum atomic E-state index is -0.154. The predicted molar refractivity (Wildman–Crippen MR) is 75.8 cm³/mol. The Morgan fingerprint density at radius 1 is 1.06 bits per heavy atom. The zero-order valence-electron chi connectivity index (χ0n) is 12.1. The molecule has 0 amide bonds. The topological polar surface area (TPSA) is 17.1 Å². The molecule has 0 rings (SSSR count). The number of rotatable bonds is 6. The van der Waals surface area contributed by atoms with E-state index in [4.69, 9.17) is 0 Å². The molecule has 0 bridgehead atoms. The number of Topliss-reactive ketones (excluding diaryl/α,β-unsaturated/α-hetero) is 1. The Morgan fingerprint density at radius 2 is 1.50 bits per heavy atom. The number of carbonyl (C=O) groups excluding carboxylic acids is 1. The van der Waals surface area contributed by atoms with Crippen LogP contribution in [0.15, 0.2) is 0 Å². The minimum Gasteiger partial charge on any atom is -0.299 e. The van der Waals surface area contributed by atoms with Gasteiger partial charge in [-0.2, -0.15) is 0 Å². The summed E-state index contributed by atoms with van der Waals surface area (Å²) in [6.45, 7) is 15.3. The highest BCUT2D eigenvalue weighted by atomic mass is 31.1. The van der Waals surface area contributed by atoms with Gasteiger partial charge in [0.25, 0.3) is 0 Å². The van der Waals surface area contributed by atoms with Crippen molar-refractivity contribution < 1.29 is 4.79 Å². The van der Waals surface area contributed by atoms with E-state index in [1.54, 1.807) is 0 Å². The Morgan fingerprint density at radius 3 is 1.81 bits per heavy atom. The lowest BCUT2D eigenvalue weighted by molar-refractivity contribution is -0.126. The van der Waals surface area contributed by atoms with Crippen LogP contribution < -0.4 is 0 Å². The lowest BCUT2D eigenvalue weighted by Crippen LogP contribution is -2.20. The maximum absolute atomic E-state index is 11.8. The van der Waals surface area contributed by atoms with Gasteiger partial charge in [0, 0.05) is 11.8 Å². The molecule has 0 unspecified atom stereocenters. The van der Waals surface area contributed by atoms with Crippen LogP contribution in [0.3, 0.4) is 0 Å². The first-order valence-electron chi connectivity index (χ1n) is 6.45. The molecular formula is C14H29OP. The molecule has 0 aliphatic carbocycles. The third-order valence-corrected chi connectivity index (χ3v) is 6.47. The number of ketones is 1. The predicted octanol–water partition coefficient (Wildman–Crippen LogP) is 4.68. The van der Waals surface area contributed by atoms with Crippen molar-refractivity contribution in [3.63, 3.8) is 0 Å². The van der Waals surface area contributed by atoms with E-state index in [0.29, 0.717) is 5.78 Å². The lowest BCUT2D eigenvalue weighted by Gasteiger charge is -2.26. The van der Waals surface area contributed by atoms with Crippen LogP contribution in [-0.2, 0) is 4.79 Å². The SMILES string of the molecule is CC(C)P(CCCC(=O)C(C)(C)C)C(C)C. The van der Waals surface area contributed by atoms with Crippen molar-refractivity contribution in [1.29, 1.82) is 0 Å². The molecule has 0 radical (unpaired) electrons. The van der Waals surface area contributed by atoms with E-state index in [9.17, 15) is 4.79 Å². The largest absolute Gasteiger partial charge is 0.299 e. The molecule has 0 saturated heterocycles. The van der Waals surface area contributed by atoms with Gasteiger partial charge in [-0.1, -0.05) is 48.5 Å². The minimum absolute atomic E-state index is 0.103. The molecule has 16 heavy (non-hydrogen) atoms. The molecule has 0 fully saturated rings. The zero-order chi connectivity index (χ0) is 12.9. The number of hydrogen-bond acceptors (Lipinski definition) is 1. The van der Waals surface area contributed by atoms with E-state index in [2.05, 4.69) is 27.7 Å². The normalized spacial score (nSPS) is 12.9. The first kappa shape index (κ1) is 16.1. The molecule has 96 valence electrons. The fourth-order valence-corrected chi connectivity index (χ4v) is 4.66. The van der Waals surface area contributed by atoms with Crippen LogP contribution >= 0.6 is 7.92 Å². The maximum atomic E-state index is 11.8. The number of carbonyl (C=O) groups is 1. The maximum Gasteiger partial charge on any atom is 0.138 e. The lowest BCUT2D eigenvalue weighted by atomic mass is 9.88. The van der Waals surface area contributed by atoms with Crippen LogP contribution in [0.5, 0.6) is 0 Å². The van der Waals surface area contributed by atoms with Crippen molar-refractivity contribution in [2.45, 2.75) is 72.6 Å². The van der Waals surface area contributed by atoms with Gasteiger partial charge < -0.3 is 0 Å². The second-order valence-electron chi connectivity index (χ2n) is 6.20. The van der Waals surface area contributed by atoms with Gasteiger partial charge in [0.15, 0.2) is 0 Å². The Balaban J connectivity index is 4.01. The second-order valence-corrected chi connectivity index (χ2v) is 9.74. The number of hydrogen-bond donors (Lipinski definition) is 0. The third kappa shape index (κ3) is 5.99. The summed E-state index contributed by atoms with van der Waals surface area (Å²) in [5, 5.41) is 0. The molecule has 0 saturated carbocycles. The van der Waals surface area contributed by atoms with Gasteiger partial charge in [-0.15, -0.1) is 7.92 Å². The van der Waals surface area contributed by atoms with Gasteiger partial charge in [-0.05, 0) is 23.9 Å². The molecule has 0 aliphatic rings. The van der Waals surface area contributed by atoms with E-state index in [1.807, 2.05) is 20.8 Å². The van der Waals surface area contributed by atoms with Crippen molar-refractivity contribution in [3.8, 4) is 0 Å². The highest BCUT2D eigenvalue weighted by molar-refractivity contribution is 7.59. The molecule has 0 aromatic heterocycles. The van der Waals surface area contributed by atoms with Gasteiger partial charge in [0.05, 0.1) is 0 Å². The summed E-state index contributed by atoms with van der Waals surface area (Å²) < 4.78 is 0. The average molecular weight is 244 g/mol. The molecule has 0 aromatic rings. The summed E-state index contributed by atoms with van der Waals surface area (Å²) in [5.41, 5.74) is 1.43. The van der Waals surface area contributed by atoms with Crippen LogP contribution in [0.1, 0.15) is 61.3 Å². The van der Waals surface area contributed by atoms with E-state index in [-0.39, 0.29) is 13.3 Å². The molecule has 1 nitrogen and oxygen atoms in total. The van der Waals surface area contributed by atoms with Gasteiger partial charge in [0.1, 0.15) is 5.78 Å².